The fourth-order valence-corrected chi connectivity index (χ4v) is 1.93. The number of nitrogens with zero attached hydrogens (tertiary/aromatic N) is 2. The van der Waals surface area contributed by atoms with E-state index in [-0.39, 0.29) is 12.6 Å². The number of hydrogen-bond acceptors (Lipinski definition) is 3. The first-order valence-corrected chi connectivity index (χ1v) is 6.52. The number of urea groups is 1. The van der Waals surface area contributed by atoms with Crippen LogP contribution in [-0.4, -0.2) is 66.9 Å². The molecule has 0 aromatic rings. The van der Waals surface area contributed by atoms with Crippen molar-refractivity contribution in [2.45, 2.75) is 26.2 Å². The molecule has 1 rings (SSSR count). The van der Waals surface area contributed by atoms with Crippen LogP contribution in [0.2, 0.25) is 0 Å². The Morgan fingerprint density at radius 3 is 2.59 bits per heavy atom. The zero-order valence-electron chi connectivity index (χ0n) is 10.7. The van der Waals surface area contributed by atoms with Crippen molar-refractivity contribution < 1.29 is 14.6 Å². The third kappa shape index (κ3) is 4.91. The molecule has 5 heteroatoms. The van der Waals surface area contributed by atoms with Gasteiger partial charge in [0.1, 0.15) is 0 Å². The van der Waals surface area contributed by atoms with Gasteiger partial charge in [0.05, 0.1) is 19.8 Å². The number of carbonyl (C=O) groups excluding carboxylic acids is 1. The lowest BCUT2D eigenvalue weighted by molar-refractivity contribution is 0.0416. The molecule has 0 unspecified atom stereocenters. The molecule has 0 atom stereocenters. The molecule has 5 nitrogen and oxygen atoms in total. The Morgan fingerprint density at radius 2 is 2.00 bits per heavy atom. The summed E-state index contributed by atoms with van der Waals surface area (Å²) in [7, 11) is 0. The fourth-order valence-electron chi connectivity index (χ4n) is 1.93. The summed E-state index contributed by atoms with van der Waals surface area (Å²) >= 11 is 0. The van der Waals surface area contributed by atoms with Crippen LogP contribution >= 0.6 is 0 Å². The molecule has 1 heterocycles. The van der Waals surface area contributed by atoms with Crippen LogP contribution in [0, 0.1) is 0 Å². The van der Waals surface area contributed by atoms with E-state index in [0.29, 0.717) is 32.8 Å². The van der Waals surface area contributed by atoms with Gasteiger partial charge < -0.3 is 19.6 Å². The molecule has 0 aliphatic carbocycles. The minimum absolute atomic E-state index is 0.0300. The van der Waals surface area contributed by atoms with E-state index in [1.807, 2.05) is 4.90 Å². The highest BCUT2D eigenvalue weighted by molar-refractivity contribution is 5.74. The monoisotopic (exact) mass is 244 g/mol. The van der Waals surface area contributed by atoms with E-state index >= 15 is 0 Å². The molecule has 0 radical (unpaired) electrons. The Kier molecular flexibility index (Phi) is 6.96. The first-order chi connectivity index (χ1) is 8.29. The van der Waals surface area contributed by atoms with Gasteiger partial charge in [0.2, 0.25) is 0 Å². The molecule has 100 valence electrons. The van der Waals surface area contributed by atoms with Crippen LogP contribution in [0.5, 0.6) is 0 Å². The molecule has 17 heavy (non-hydrogen) atoms. The van der Waals surface area contributed by atoms with Crippen molar-refractivity contribution in [3.8, 4) is 0 Å². The van der Waals surface area contributed by atoms with Crippen LogP contribution < -0.4 is 0 Å². The molecule has 2 amide bonds. The van der Waals surface area contributed by atoms with Crippen molar-refractivity contribution in [2.24, 2.45) is 0 Å². The lowest BCUT2D eigenvalue weighted by Crippen LogP contribution is -2.49. The smallest absolute Gasteiger partial charge is 0.320 e. The van der Waals surface area contributed by atoms with Crippen molar-refractivity contribution in [2.75, 3.05) is 46.0 Å². The third-order valence-corrected chi connectivity index (χ3v) is 2.95. The van der Waals surface area contributed by atoms with Gasteiger partial charge in [-0.25, -0.2) is 4.79 Å². The van der Waals surface area contributed by atoms with Crippen molar-refractivity contribution in [3.63, 3.8) is 0 Å². The molecule has 0 spiro atoms. The van der Waals surface area contributed by atoms with Crippen LogP contribution in [0.1, 0.15) is 26.2 Å². The summed E-state index contributed by atoms with van der Waals surface area (Å²) in [6.07, 6.45) is 3.27. The van der Waals surface area contributed by atoms with E-state index in [1.54, 1.807) is 4.90 Å². The van der Waals surface area contributed by atoms with Crippen LogP contribution in [0.15, 0.2) is 0 Å². The van der Waals surface area contributed by atoms with Crippen LogP contribution in [0.4, 0.5) is 4.79 Å². The van der Waals surface area contributed by atoms with E-state index in [2.05, 4.69) is 6.92 Å². The van der Waals surface area contributed by atoms with Gasteiger partial charge in [0, 0.05) is 26.2 Å². The zero-order valence-corrected chi connectivity index (χ0v) is 10.7. The van der Waals surface area contributed by atoms with Gasteiger partial charge in [-0.05, 0) is 6.42 Å². The molecule has 0 aromatic heterocycles. The van der Waals surface area contributed by atoms with E-state index in [1.165, 1.54) is 0 Å². The lowest BCUT2D eigenvalue weighted by Gasteiger charge is -2.32. The summed E-state index contributed by atoms with van der Waals surface area (Å²) in [6.45, 7) is 5.90. The Hall–Kier alpha value is -0.810. The van der Waals surface area contributed by atoms with Crippen molar-refractivity contribution in [1.82, 2.24) is 9.80 Å². The largest absolute Gasteiger partial charge is 0.395 e. The highest BCUT2D eigenvalue weighted by Crippen LogP contribution is 2.05. The molecule has 1 aliphatic heterocycles. The standard InChI is InChI=1S/C12H24N2O3/c1-2-3-4-5-13(6-9-15)12(16)14-7-10-17-11-8-14/h15H,2-11H2,1H3. The number of aliphatic hydroxyl groups excluding tert-OH is 1. The summed E-state index contributed by atoms with van der Waals surface area (Å²) in [4.78, 5) is 15.7. The first-order valence-electron chi connectivity index (χ1n) is 6.52. The number of ether oxygens (including phenoxy) is 1. The van der Waals surface area contributed by atoms with E-state index in [4.69, 9.17) is 9.84 Å². The number of amides is 2. The number of hydrogen-bond donors (Lipinski definition) is 1. The maximum absolute atomic E-state index is 12.2. The summed E-state index contributed by atoms with van der Waals surface area (Å²) in [5.41, 5.74) is 0. The Bertz CT molecular complexity index is 218. The fraction of sp³-hybridized carbons (Fsp3) is 0.917. The van der Waals surface area contributed by atoms with Crippen molar-refractivity contribution in [1.29, 1.82) is 0 Å². The normalized spacial score (nSPS) is 16.0. The lowest BCUT2D eigenvalue weighted by atomic mass is 10.2. The second-order valence-electron chi connectivity index (χ2n) is 4.30. The molecular formula is C12H24N2O3. The summed E-state index contributed by atoms with van der Waals surface area (Å²) in [5.74, 6) is 0. The Morgan fingerprint density at radius 1 is 1.29 bits per heavy atom. The van der Waals surface area contributed by atoms with Gasteiger partial charge in [-0.15, -0.1) is 0 Å². The van der Waals surface area contributed by atoms with Crippen molar-refractivity contribution in [3.05, 3.63) is 0 Å². The average molecular weight is 244 g/mol. The molecule has 1 aliphatic rings. The molecule has 0 aromatic carbocycles. The number of morpholine rings is 1. The SMILES string of the molecule is CCCCCN(CCO)C(=O)N1CCOCC1. The second kappa shape index (κ2) is 8.31. The van der Waals surface area contributed by atoms with Gasteiger partial charge in [-0.3, -0.25) is 0 Å². The van der Waals surface area contributed by atoms with Crippen LogP contribution in [-0.2, 0) is 4.74 Å². The number of rotatable bonds is 6. The van der Waals surface area contributed by atoms with Gasteiger partial charge in [0.25, 0.3) is 0 Å². The van der Waals surface area contributed by atoms with Gasteiger partial charge in [-0.2, -0.15) is 0 Å². The summed E-state index contributed by atoms with van der Waals surface area (Å²) in [6, 6.07) is 0.0402. The molecule has 0 bridgehead atoms. The second-order valence-corrected chi connectivity index (χ2v) is 4.30. The Labute approximate surface area is 103 Å². The summed E-state index contributed by atoms with van der Waals surface area (Å²) in [5, 5.41) is 9.00. The van der Waals surface area contributed by atoms with Crippen LogP contribution in [0.3, 0.4) is 0 Å². The molecule has 0 saturated carbocycles. The highest BCUT2D eigenvalue weighted by Gasteiger charge is 2.21. The number of unbranched alkanes of at least 4 members (excludes halogenated alkanes) is 2. The highest BCUT2D eigenvalue weighted by atomic mass is 16.5. The number of aliphatic hydroxyl groups is 1. The molecular weight excluding hydrogens is 220 g/mol. The first kappa shape index (κ1) is 14.3. The van der Waals surface area contributed by atoms with E-state index in [9.17, 15) is 4.79 Å². The molecule has 1 fully saturated rings. The molecule has 1 N–H and O–H groups in total. The van der Waals surface area contributed by atoms with Gasteiger partial charge in [-0.1, -0.05) is 19.8 Å². The van der Waals surface area contributed by atoms with Crippen molar-refractivity contribution >= 4 is 6.03 Å². The predicted octanol–water partition coefficient (Wildman–Crippen LogP) is 0.923. The number of carbonyl (C=O) groups is 1. The zero-order chi connectivity index (χ0) is 12.5. The molecule has 1 saturated heterocycles. The summed E-state index contributed by atoms with van der Waals surface area (Å²) < 4.78 is 5.23. The van der Waals surface area contributed by atoms with Gasteiger partial charge in [0.15, 0.2) is 0 Å². The van der Waals surface area contributed by atoms with Crippen LogP contribution in [0.25, 0.3) is 0 Å². The third-order valence-electron chi connectivity index (χ3n) is 2.95. The van der Waals surface area contributed by atoms with E-state index in [0.717, 1.165) is 25.8 Å². The van der Waals surface area contributed by atoms with E-state index < -0.39 is 0 Å². The average Bonchev–Trinajstić information content (AvgIpc) is 2.38. The predicted molar refractivity (Wildman–Crippen MR) is 66.0 cm³/mol. The van der Waals surface area contributed by atoms with Gasteiger partial charge >= 0.3 is 6.03 Å². The maximum Gasteiger partial charge on any atom is 0.320 e. The Balaban J connectivity index is 2.40. The minimum Gasteiger partial charge on any atom is -0.395 e. The maximum atomic E-state index is 12.2. The minimum atomic E-state index is 0.0300. The topological polar surface area (TPSA) is 53.0 Å². The quantitative estimate of drug-likeness (QED) is 0.707.